The van der Waals surface area contributed by atoms with E-state index in [2.05, 4.69) is 17.1 Å². The van der Waals surface area contributed by atoms with E-state index in [1.165, 1.54) is 10.6 Å². The molecule has 0 atom stereocenters. The first kappa shape index (κ1) is 5.85. The average Bonchev–Trinajstić information content (AvgIpc) is 1.65. The molecule has 0 amide bonds. The van der Waals surface area contributed by atoms with E-state index >= 15 is 0 Å². The zero-order valence-corrected chi connectivity index (χ0v) is 4.66. The van der Waals surface area contributed by atoms with Crippen molar-refractivity contribution in [1.82, 2.24) is 5.06 Å². The summed E-state index contributed by atoms with van der Waals surface area (Å²) in [6, 6.07) is 0. The maximum Gasteiger partial charge on any atom is 0.0900 e. The number of hydrogen-bond donors (Lipinski definition) is 0. The maximum absolute atomic E-state index is 4.57. The summed E-state index contributed by atoms with van der Waals surface area (Å²) < 4.78 is 0. The van der Waals surface area contributed by atoms with Crippen LogP contribution < -0.4 is 0 Å². The number of hydroxylamine groups is 2. The Morgan fingerprint density at radius 2 is 2.33 bits per heavy atom. The molecule has 0 aromatic rings. The van der Waals surface area contributed by atoms with E-state index < -0.39 is 0 Å². The van der Waals surface area contributed by atoms with Crippen molar-refractivity contribution in [3.63, 3.8) is 0 Å². The van der Waals surface area contributed by atoms with Crippen molar-refractivity contribution in [2.75, 3.05) is 14.2 Å². The maximum atomic E-state index is 4.57. The van der Waals surface area contributed by atoms with Crippen LogP contribution in [0.2, 0.25) is 0 Å². The zero-order chi connectivity index (χ0) is 4.99. The van der Waals surface area contributed by atoms with Crippen LogP contribution in [0.5, 0.6) is 0 Å². The van der Waals surface area contributed by atoms with Crippen molar-refractivity contribution < 1.29 is 4.84 Å². The van der Waals surface area contributed by atoms with E-state index in [0.717, 1.165) is 0 Å². The fourth-order valence-electron chi connectivity index (χ4n) is 0.0430. The van der Waals surface area contributed by atoms with E-state index in [1.54, 1.807) is 14.2 Å². The lowest BCUT2D eigenvalue weighted by Crippen LogP contribution is -2.11. The Labute approximate surface area is 42.7 Å². The molecule has 36 valence electrons. The summed E-state index contributed by atoms with van der Waals surface area (Å²) in [6.45, 7) is 0. The molecule has 0 aliphatic carbocycles. The molecule has 0 aliphatic heterocycles. The first-order chi connectivity index (χ1) is 2.81. The Morgan fingerprint density at radius 3 is 2.33 bits per heavy atom. The monoisotopic (exact) mass is 105 g/mol. The van der Waals surface area contributed by atoms with Crippen molar-refractivity contribution in [1.29, 1.82) is 0 Å². The zero-order valence-electron chi connectivity index (χ0n) is 3.84. The van der Waals surface area contributed by atoms with Crippen LogP contribution in [-0.4, -0.2) is 24.7 Å². The lowest BCUT2D eigenvalue weighted by atomic mass is 11.2. The van der Waals surface area contributed by atoms with Crippen molar-refractivity contribution in [3.05, 3.63) is 0 Å². The Balaban J connectivity index is 2.96. The third-order valence-electron chi connectivity index (χ3n) is 0.436. The van der Waals surface area contributed by atoms with E-state index in [-0.39, 0.29) is 0 Å². The summed E-state index contributed by atoms with van der Waals surface area (Å²) in [6.07, 6.45) is 0. The van der Waals surface area contributed by atoms with Crippen LogP contribution in [0.25, 0.3) is 0 Å². The summed E-state index contributed by atoms with van der Waals surface area (Å²) in [5.41, 5.74) is 1.42. The lowest BCUT2D eigenvalue weighted by molar-refractivity contribution is -0.0341. The van der Waals surface area contributed by atoms with Gasteiger partial charge in [0, 0.05) is 7.05 Å². The summed E-state index contributed by atoms with van der Waals surface area (Å²) >= 11 is 4.45. The minimum Gasteiger partial charge on any atom is -0.277 e. The number of hydrogen-bond acceptors (Lipinski definition) is 2. The molecule has 0 bridgehead atoms. The third-order valence-corrected chi connectivity index (χ3v) is 0.733. The van der Waals surface area contributed by atoms with Gasteiger partial charge in [0.2, 0.25) is 0 Å². The molecule has 0 heterocycles. The number of rotatable bonds is 2. The van der Waals surface area contributed by atoms with Gasteiger partial charge in [-0.25, -0.2) is 0 Å². The molecule has 0 rings (SSSR count). The molecule has 0 saturated carbocycles. The van der Waals surface area contributed by atoms with Gasteiger partial charge in [-0.2, -0.15) is 0 Å². The Morgan fingerprint density at radius 1 is 1.83 bits per heavy atom. The Hall–Kier alpha value is -0.150. The van der Waals surface area contributed by atoms with Crippen LogP contribution in [0.15, 0.2) is 0 Å². The quantitative estimate of drug-likeness (QED) is 0.373. The molecule has 0 N–H and O–H groups in total. The molecule has 0 radical (unpaired) electrons. The van der Waals surface area contributed by atoms with Gasteiger partial charge in [-0.05, 0) is 0 Å². The molecule has 0 fully saturated rings. The summed E-state index contributed by atoms with van der Waals surface area (Å²) in [4.78, 5) is 4.57. The first-order valence-electron chi connectivity index (χ1n) is 1.53. The Kier molecular flexibility index (Phi) is 2.98. The minimum absolute atomic E-state index is 1.42. The highest BCUT2D eigenvalue weighted by Gasteiger charge is 1.75. The van der Waals surface area contributed by atoms with Gasteiger partial charge < -0.3 is 0 Å². The lowest BCUT2D eigenvalue weighted by Gasteiger charge is -2.04. The van der Waals surface area contributed by atoms with Gasteiger partial charge in [0.25, 0.3) is 0 Å². The van der Waals surface area contributed by atoms with Gasteiger partial charge >= 0.3 is 0 Å². The summed E-state index contributed by atoms with van der Waals surface area (Å²) in [7, 11) is 3.29. The third kappa shape index (κ3) is 2.11. The van der Waals surface area contributed by atoms with Crippen molar-refractivity contribution in [2.24, 2.45) is 0 Å². The summed E-state index contributed by atoms with van der Waals surface area (Å²) in [5, 5.41) is 1.44. The largest absolute Gasteiger partial charge is 0.277 e. The SMILES string of the molecule is CON(C)C=S. The van der Waals surface area contributed by atoms with Crippen LogP contribution in [0, 0.1) is 0 Å². The first-order valence-corrected chi connectivity index (χ1v) is 2.00. The summed E-state index contributed by atoms with van der Waals surface area (Å²) in [5.74, 6) is 0. The van der Waals surface area contributed by atoms with E-state index in [1.807, 2.05) is 0 Å². The Bertz CT molecular complexity index is 48.1. The normalized spacial score (nSPS) is 7.67. The van der Waals surface area contributed by atoms with Crippen molar-refractivity contribution in [3.8, 4) is 0 Å². The minimum atomic E-state index is 1.42. The molecule has 0 spiro atoms. The van der Waals surface area contributed by atoms with Crippen LogP contribution in [0.3, 0.4) is 0 Å². The van der Waals surface area contributed by atoms with Crippen LogP contribution in [0.1, 0.15) is 0 Å². The second-order valence-electron chi connectivity index (χ2n) is 0.834. The predicted octanol–water partition coefficient (Wildman–Crippen LogP) is 0.437. The number of thiocarbonyl (C=S) groups is 1. The van der Waals surface area contributed by atoms with Gasteiger partial charge in [0.1, 0.15) is 0 Å². The van der Waals surface area contributed by atoms with Gasteiger partial charge in [-0.1, -0.05) is 12.2 Å². The average molecular weight is 105 g/mol. The van der Waals surface area contributed by atoms with Crippen molar-refractivity contribution >= 4 is 17.7 Å². The number of nitrogens with zero attached hydrogens (tertiary/aromatic N) is 1. The smallest absolute Gasteiger partial charge is 0.0900 e. The highest BCUT2D eigenvalue weighted by atomic mass is 32.1. The second-order valence-corrected chi connectivity index (χ2v) is 1.04. The standard InChI is InChI=1S/C3H7NOS/c1-4(3-6)5-2/h3H,1-2H3. The molecular formula is C3H7NOS. The van der Waals surface area contributed by atoms with E-state index in [9.17, 15) is 0 Å². The molecule has 0 aromatic carbocycles. The fourth-order valence-corrected chi connectivity index (χ4v) is 0.129. The predicted molar refractivity (Wildman–Crippen MR) is 28.4 cm³/mol. The highest BCUT2D eigenvalue weighted by Crippen LogP contribution is 1.69. The second kappa shape index (κ2) is 3.06. The fraction of sp³-hybridized carbons (Fsp3) is 0.667. The topological polar surface area (TPSA) is 12.5 Å². The van der Waals surface area contributed by atoms with E-state index in [4.69, 9.17) is 0 Å². The van der Waals surface area contributed by atoms with Crippen LogP contribution in [-0.2, 0) is 4.84 Å². The molecule has 2 nitrogen and oxygen atoms in total. The van der Waals surface area contributed by atoms with Crippen molar-refractivity contribution in [2.45, 2.75) is 0 Å². The van der Waals surface area contributed by atoms with Gasteiger partial charge in [-0.3, -0.25) is 9.90 Å². The molecule has 0 aliphatic rings. The molecule has 0 unspecified atom stereocenters. The van der Waals surface area contributed by atoms with Gasteiger partial charge in [0.05, 0.1) is 12.6 Å². The molecule has 0 saturated heterocycles. The molecule has 3 heteroatoms. The van der Waals surface area contributed by atoms with E-state index in [0.29, 0.717) is 0 Å². The molecule has 6 heavy (non-hydrogen) atoms. The van der Waals surface area contributed by atoms with Gasteiger partial charge in [0.15, 0.2) is 0 Å². The highest BCUT2D eigenvalue weighted by molar-refractivity contribution is 7.78. The molecule has 0 aromatic heterocycles. The van der Waals surface area contributed by atoms with Crippen LogP contribution >= 0.6 is 12.2 Å². The van der Waals surface area contributed by atoms with Crippen LogP contribution in [0.4, 0.5) is 0 Å². The molecular weight excluding hydrogens is 98.1 g/mol. The van der Waals surface area contributed by atoms with Gasteiger partial charge in [-0.15, -0.1) is 0 Å².